The molecule has 0 aliphatic rings. The molecule has 0 aliphatic heterocycles. The zero-order valence-electron chi connectivity index (χ0n) is 10.5. The van der Waals surface area contributed by atoms with Gasteiger partial charge in [0.25, 0.3) is 0 Å². The smallest absolute Gasteiger partial charge is 0.332 e. The normalized spacial score (nSPS) is 10.1. The highest BCUT2D eigenvalue weighted by Crippen LogP contribution is 2.12. The van der Waals surface area contributed by atoms with E-state index in [0.717, 1.165) is 24.2 Å². The molecule has 0 saturated heterocycles. The minimum absolute atomic E-state index is 0.550. The number of hydrogen-bond acceptors (Lipinski definition) is 4. The fraction of sp³-hybridized carbons (Fsp3) is 0.308. The third kappa shape index (κ3) is 6.68. The highest BCUT2D eigenvalue weighted by Gasteiger charge is 1.96. The fourth-order valence-electron chi connectivity index (χ4n) is 1.35. The van der Waals surface area contributed by atoms with Crippen molar-refractivity contribution in [2.45, 2.75) is 19.3 Å². The summed E-state index contributed by atoms with van der Waals surface area (Å²) >= 11 is 0. The molecule has 0 fully saturated rings. The minimum atomic E-state index is -0.707. The number of ether oxygens (including phenoxy) is 1. The summed E-state index contributed by atoms with van der Waals surface area (Å²) in [5, 5.41) is 12.1. The SMILES string of the molecule is N#CCCCCOc1cccc(C=NNC(N)=O)c1. The number of nitrogens with one attached hydrogen (secondary N) is 1. The van der Waals surface area contributed by atoms with Crippen molar-refractivity contribution < 1.29 is 9.53 Å². The van der Waals surface area contributed by atoms with E-state index in [2.05, 4.69) is 16.6 Å². The van der Waals surface area contributed by atoms with E-state index in [-0.39, 0.29) is 0 Å². The molecule has 0 aromatic heterocycles. The van der Waals surface area contributed by atoms with Gasteiger partial charge < -0.3 is 10.5 Å². The highest BCUT2D eigenvalue weighted by atomic mass is 16.5. The van der Waals surface area contributed by atoms with Gasteiger partial charge in [0.2, 0.25) is 0 Å². The van der Waals surface area contributed by atoms with Crippen LogP contribution in [0.5, 0.6) is 5.75 Å². The average molecular weight is 260 g/mol. The third-order valence-corrected chi connectivity index (χ3v) is 2.20. The Hall–Kier alpha value is -2.55. The number of benzene rings is 1. The molecular weight excluding hydrogens is 244 g/mol. The number of urea groups is 1. The third-order valence-electron chi connectivity index (χ3n) is 2.20. The van der Waals surface area contributed by atoms with Crippen molar-refractivity contribution in [3.05, 3.63) is 29.8 Å². The predicted octanol–water partition coefficient (Wildman–Crippen LogP) is 1.76. The molecule has 0 saturated carbocycles. The Bertz CT molecular complexity index is 480. The summed E-state index contributed by atoms with van der Waals surface area (Å²) < 4.78 is 5.54. The van der Waals surface area contributed by atoms with Crippen LogP contribution in [0.2, 0.25) is 0 Å². The van der Waals surface area contributed by atoms with Gasteiger partial charge in [-0.25, -0.2) is 10.2 Å². The summed E-state index contributed by atoms with van der Waals surface area (Å²) in [4.78, 5) is 10.4. The van der Waals surface area contributed by atoms with Crippen LogP contribution in [0.15, 0.2) is 29.4 Å². The number of unbranched alkanes of at least 4 members (excludes halogenated alkanes) is 2. The quantitative estimate of drug-likeness (QED) is 0.443. The Morgan fingerprint density at radius 2 is 2.37 bits per heavy atom. The summed E-state index contributed by atoms with van der Waals surface area (Å²) in [5.74, 6) is 0.722. The monoisotopic (exact) mass is 260 g/mol. The molecule has 1 rings (SSSR count). The Morgan fingerprint density at radius 1 is 1.53 bits per heavy atom. The molecule has 0 radical (unpaired) electrons. The molecule has 0 heterocycles. The average Bonchev–Trinajstić information content (AvgIpc) is 2.39. The number of hydrogen-bond donors (Lipinski definition) is 2. The van der Waals surface area contributed by atoms with Gasteiger partial charge in [-0.05, 0) is 30.5 Å². The molecule has 0 aliphatic carbocycles. The van der Waals surface area contributed by atoms with Crippen molar-refractivity contribution in [3.63, 3.8) is 0 Å². The maximum absolute atomic E-state index is 10.4. The summed E-state index contributed by atoms with van der Waals surface area (Å²) in [6.45, 7) is 0.571. The molecule has 19 heavy (non-hydrogen) atoms. The minimum Gasteiger partial charge on any atom is -0.494 e. The standard InChI is InChI=1S/C13H16N4O2/c14-7-2-1-3-8-19-12-6-4-5-11(9-12)10-16-17-13(15)18/h4-6,9-10H,1-3,8H2,(H3,15,17,18). The Labute approximate surface area is 111 Å². The lowest BCUT2D eigenvalue weighted by atomic mass is 10.2. The number of rotatable bonds is 7. The maximum atomic E-state index is 10.4. The second-order valence-electron chi connectivity index (χ2n) is 3.77. The number of hydrazone groups is 1. The van der Waals surface area contributed by atoms with E-state index < -0.39 is 6.03 Å². The van der Waals surface area contributed by atoms with Crippen molar-refractivity contribution in [1.82, 2.24) is 5.43 Å². The van der Waals surface area contributed by atoms with Crippen LogP contribution in [0.3, 0.4) is 0 Å². The van der Waals surface area contributed by atoms with Gasteiger partial charge in [0, 0.05) is 6.42 Å². The van der Waals surface area contributed by atoms with Gasteiger partial charge in [-0.2, -0.15) is 10.4 Å². The molecule has 0 atom stereocenters. The Balaban J connectivity index is 2.41. The lowest BCUT2D eigenvalue weighted by Crippen LogP contribution is -2.24. The number of primary amides is 1. The first-order valence-electron chi connectivity index (χ1n) is 5.90. The number of carbonyl (C=O) groups is 1. The van der Waals surface area contributed by atoms with E-state index >= 15 is 0 Å². The van der Waals surface area contributed by atoms with Crippen molar-refractivity contribution in [2.75, 3.05) is 6.61 Å². The van der Waals surface area contributed by atoms with E-state index in [1.165, 1.54) is 6.21 Å². The second-order valence-corrected chi connectivity index (χ2v) is 3.77. The number of nitriles is 1. The zero-order chi connectivity index (χ0) is 13.9. The number of amides is 2. The van der Waals surface area contributed by atoms with Crippen LogP contribution in [0.4, 0.5) is 4.79 Å². The van der Waals surface area contributed by atoms with Crippen LogP contribution >= 0.6 is 0 Å². The number of nitrogens with zero attached hydrogens (tertiary/aromatic N) is 2. The van der Waals surface area contributed by atoms with Gasteiger partial charge in [-0.1, -0.05) is 12.1 Å². The molecule has 1 aromatic rings. The molecule has 3 N–H and O–H groups in total. The highest BCUT2D eigenvalue weighted by molar-refractivity contribution is 5.81. The topological polar surface area (TPSA) is 100 Å². The summed E-state index contributed by atoms with van der Waals surface area (Å²) in [7, 11) is 0. The van der Waals surface area contributed by atoms with Crippen LogP contribution in [0.25, 0.3) is 0 Å². The molecule has 100 valence electrons. The van der Waals surface area contributed by atoms with Crippen molar-refractivity contribution >= 4 is 12.2 Å². The van der Waals surface area contributed by atoms with E-state index in [9.17, 15) is 4.79 Å². The Morgan fingerprint density at radius 3 is 3.11 bits per heavy atom. The van der Waals surface area contributed by atoms with Gasteiger partial charge in [0.15, 0.2) is 0 Å². The largest absolute Gasteiger partial charge is 0.494 e. The van der Waals surface area contributed by atoms with Crippen LogP contribution < -0.4 is 15.9 Å². The molecule has 0 unspecified atom stereocenters. The van der Waals surface area contributed by atoms with E-state index in [0.29, 0.717) is 13.0 Å². The Kier molecular flexibility index (Phi) is 6.51. The first kappa shape index (κ1) is 14.5. The zero-order valence-corrected chi connectivity index (χ0v) is 10.5. The van der Waals surface area contributed by atoms with Gasteiger partial charge in [0.1, 0.15) is 5.75 Å². The van der Waals surface area contributed by atoms with Crippen LogP contribution in [0.1, 0.15) is 24.8 Å². The lowest BCUT2D eigenvalue weighted by molar-refractivity contribution is 0.249. The van der Waals surface area contributed by atoms with Gasteiger partial charge in [0.05, 0.1) is 18.9 Å². The van der Waals surface area contributed by atoms with Gasteiger partial charge in [-0.15, -0.1) is 0 Å². The van der Waals surface area contributed by atoms with Crippen LogP contribution in [-0.2, 0) is 0 Å². The van der Waals surface area contributed by atoms with E-state index in [1.54, 1.807) is 6.07 Å². The summed E-state index contributed by atoms with van der Waals surface area (Å²) in [5.41, 5.74) is 7.79. The van der Waals surface area contributed by atoms with Crippen molar-refractivity contribution in [3.8, 4) is 11.8 Å². The van der Waals surface area contributed by atoms with Crippen LogP contribution in [-0.4, -0.2) is 18.9 Å². The maximum Gasteiger partial charge on any atom is 0.332 e. The summed E-state index contributed by atoms with van der Waals surface area (Å²) in [6, 6.07) is 8.68. The van der Waals surface area contributed by atoms with Crippen molar-refractivity contribution in [2.24, 2.45) is 10.8 Å². The first-order chi connectivity index (χ1) is 9.22. The molecule has 0 spiro atoms. The number of carbonyl (C=O) groups excluding carboxylic acids is 1. The number of nitrogens with two attached hydrogens (primary N) is 1. The van der Waals surface area contributed by atoms with Crippen molar-refractivity contribution in [1.29, 1.82) is 5.26 Å². The van der Waals surface area contributed by atoms with Gasteiger partial charge >= 0.3 is 6.03 Å². The molecule has 2 amide bonds. The van der Waals surface area contributed by atoms with Crippen LogP contribution in [0, 0.1) is 11.3 Å². The molecular formula is C13H16N4O2. The fourth-order valence-corrected chi connectivity index (χ4v) is 1.35. The molecule has 1 aromatic carbocycles. The molecule has 6 nitrogen and oxygen atoms in total. The van der Waals surface area contributed by atoms with E-state index in [1.807, 2.05) is 18.2 Å². The second kappa shape index (κ2) is 8.53. The summed E-state index contributed by atoms with van der Waals surface area (Å²) in [6.07, 6.45) is 3.71. The molecule has 6 heteroatoms. The molecule has 0 bridgehead atoms. The lowest BCUT2D eigenvalue weighted by Gasteiger charge is -2.05. The van der Waals surface area contributed by atoms with Gasteiger partial charge in [-0.3, -0.25) is 0 Å². The predicted molar refractivity (Wildman–Crippen MR) is 71.7 cm³/mol. The van der Waals surface area contributed by atoms with E-state index in [4.69, 9.17) is 15.7 Å². The first-order valence-corrected chi connectivity index (χ1v) is 5.90.